The molecule has 0 saturated heterocycles. The number of hydrogen-bond donors (Lipinski definition) is 2. The molecule has 0 bridgehead atoms. The molecule has 0 spiro atoms. The number of halogens is 1. The van der Waals surface area contributed by atoms with Gasteiger partial charge in [0.15, 0.2) is 6.04 Å². The Morgan fingerprint density at radius 3 is 2.78 bits per heavy atom. The molecule has 0 heterocycles. The van der Waals surface area contributed by atoms with Crippen LogP contribution in [0.2, 0.25) is 0 Å². The van der Waals surface area contributed by atoms with Crippen LogP contribution in [0.4, 0.5) is 0 Å². The SMILES string of the molecule is COC(=O)C(CO)NC(=O)c1cccc(CCl)c1. The van der Waals surface area contributed by atoms with Crippen LogP contribution in [0.5, 0.6) is 0 Å². The van der Waals surface area contributed by atoms with Gasteiger partial charge in [-0.3, -0.25) is 4.79 Å². The Bertz CT molecular complexity index is 436. The van der Waals surface area contributed by atoms with Crippen molar-refractivity contribution in [1.29, 1.82) is 0 Å². The van der Waals surface area contributed by atoms with Crippen LogP contribution in [-0.2, 0) is 15.4 Å². The lowest BCUT2D eigenvalue weighted by Crippen LogP contribution is -2.44. The van der Waals surface area contributed by atoms with Crippen molar-refractivity contribution in [3.8, 4) is 0 Å². The molecule has 0 radical (unpaired) electrons. The summed E-state index contributed by atoms with van der Waals surface area (Å²) in [6, 6.07) is 5.62. The molecule has 1 aromatic rings. The van der Waals surface area contributed by atoms with Crippen LogP contribution in [-0.4, -0.2) is 36.7 Å². The van der Waals surface area contributed by atoms with Crippen molar-refractivity contribution in [2.75, 3.05) is 13.7 Å². The molecule has 1 unspecified atom stereocenters. The summed E-state index contributed by atoms with van der Waals surface area (Å²) in [5.41, 5.74) is 1.17. The molecule has 98 valence electrons. The van der Waals surface area contributed by atoms with Gasteiger partial charge in [0.2, 0.25) is 0 Å². The minimum absolute atomic E-state index is 0.293. The van der Waals surface area contributed by atoms with E-state index < -0.39 is 24.5 Å². The topological polar surface area (TPSA) is 75.6 Å². The summed E-state index contributed by atoms with van der Waals surface area (Å²) in [6.45, 7) is -0.520. The molecule has 0 aliphatic carbocycles. The first-order chi connectivity index (χ1) is 8.62. The van der Waals surface area contributed by atoms with Gasteiger partial charge < -0.3 is 15.2 Å². The Kier molecular flexibility index (Phi) is 5.61. The third-order valence-electron chi connectivity index (χ3n) is 2.32. The number of esters is 1. The molecule has 1 amide bonds. The molecule has 1 atom stereocenters. The summed E-state index contributed by atoms with van der Waals surface area (Å²) in [5.74, 6) is -0.868. The van der Waals surface area contributed by atoms with E-state index >= 15 is 0 Å². The fourth-order valence-electron chi connectivity index (χ4n) is 1.36. The quantitative estimate of drug-likeness (QED) is 0.610. The summed E-state index contributed by atoms with van der Waals surface area (Å²) >= 11 is 5.66. The minimum Gasteiger partial charge on any atom is -0.467 e. The number of aliphatic hydroxyl groups is 1. The minimum atomic E-state index is -1.07. The lowest BCUT2D eigenvalue weighted by Gasteiger charge is -2.14. The number of carbonyl (C=O) groups is 2. The largest absolute Gasteiger partial charge is 0.467 e. The number of rotatable bonds is 5. The summed E-state index contributed by atoms with van der Waals surface area (Å²) in [5, 5.41) is 11.4. The highest BCUT2D eigenvalue weighted by Gasteiger charge is 2.21. The third-order valence-corrected chi connectivity index (χ3v) is 2.63. The Hall–Kier alpha value is -1.59. The predicted octanol–water partition coefficient (Wildman–Crippen LogP) is 0.689. The number of benzene rings is 1. The highest BCUT2D eigenvalue weighted by molar-refractivity contribution is 6.17. The van der Waals surface area contributed by atoms with Gasteiger partial charge in [-0.05, 0) is 17.7 Å². The molecule has 5 nitrogen and oxygen atoms in total. The first-order valence-corrected chi connectivity index (χ1v) is 5.80. The van der Waals surface area contributed by atoms with Gasteiger partial charge in [0.05, 0.1) is 13.7 Å². The molecule has 0 aliphatic heterocycles. The maximum Gasteiger partial charge on any atom is 0.330 e. The maximum atomic E-state index is 11.8. The van der Waals surface area contributed by atoms with Crippen molar-refractivity contribution in [3.05, 3.63) is 35.4 Å². The van der Waals surface area contributed by atoms with Crippen molar-refractivity contribution in [3.63, 3.8) is 0 Å². The summed E-state index contributed by atoms with van der Waals surface area (Å²) in [7, 11) is 1.19. The van der Waals surface area contributed by atoms with Crippen molar-refractivity contribution in [2.45, 2.75) is 11.9 Å². The average molecular weight is 272 g/mol. The Balaban J connectivity index is 2.77. The number of amides is 1. The van der Waals surface area contributed by atoms with Gasteiger partial charge in [-0.15, -0.1) is 11.6 Å². The highest BCUT2D eigenvalue weighted by atomic mass is 35.5. The third kappa shape index (κ3) is 3.72. The monoisotopic (exact) mass is 271 g/mol. The fraction of sp³-hybridized carbons (Fsp3) is 0.333. The van der Waals surface area contributed by atoms with Gasteiger partial charge in [0.1, 0.15) is 0 Å². The molecule has 18 heavy (non-hydrogen) atoms. The first-order valence-electron chi connectivity index (χ1n) is 5.26. The highest BCUT2D eigenvalue weighted by Crippen LogP contribution is 2.08. The summed E-state index contributed by atoms with van der Waals surface area (Å²) in [4.78, 5) is 23.0. The Morgan fingerprint density at radius 1 is 1.50 bits per heavy atom. The molecule has 1 aromatic carbocycles. The summed E-state index contributed by atoms with van der Waals surface area (Å²) < 4.78 is 4.45. The molecular weight excluding hydrogens is 258 g/mol. The molecule has 6 heteroatoms. The number of alkyl halides is 1. The number of methoxy groups -OCH3 is 1. The van der Waals surface area contributed by atoms with E-state index in [9.17, 15) is 9.59 Å². The Morgan fingerprint density at radius 2 is 2.22 bits per heavy atom. The first kappa shape index (κ1) is 14.5. The van der Waals surface area contributed by atoms with Crippen LogP contribution in [0.1, 0.15) is 15.9 Å². The van der Waals surface area contributed by atoms with Gasteiger partial charge in [0.25, 0.3) is 5.91 Å². The molecule has 0 aromatic heterocycles. The van der Waals surface area contributed by atoms with Crippen molar-refractivity contribution in [2.24, 2.45) is 0 Å². The lowest BCUT2D eigenvalue weighted by atomic mass is 10.1. The second kappa shape index (κ2) is 6.98. The number of carbonyl (C=O) groups excluding carboxylic acids is 2. The van der Waals surface area contributed by atoms with E-state index in [2.05, 4.69) is 10.1 Å². The molecule has 0 saturated carbocycles. The average Bonchev–Trinajstić information content (AvgIpc) is 2.43. The van der Waals surface area contributed by atoms with Crippen LogP contribution >= 0.6 is 11.6 Å². The van der Waals surface area contributed by atoms with E-state index in [0.29, 0.717) is 11.4 Å². The van der Waals surface area contributed by atoms with E-state index in [1.165, 1.54) is 7.11 Å². The second-order valence-electron chi connectivity index (χ2n) is 3.57. The second-order valence-corrected chi connectivity index (χ2v) is 3.83. The predicted molar refractivity (Wildman–Crippen MR) is 66.4 cm³/mol. The molecule has 0 aliphatic rings. The van der Waals surface area contributed by atoms with E-state index in [-0.39, 0.29) is 0 Å². The van der Waals surface area contributed by atoms with Crippen molar-refractivity contribution < 1.29 is 19.4 Å². The van der Waals surface area contributed by atoms with Crippen LogP contribution in [0, 0.1) is 0 Å². The number of hydrogen-bond acceptors (Lipinski definition) is 4. The molecular formula is C12H14ClNO4. The fourth-order valence-corrected chi connectivity index (χ4v) is 1.52. The van der Waals surface area contributed by atoms with Gasteiger partial charge >= 0.3 is 5.97 Å². The van der Waals surface area contributed by atoms with E-state index in [1.807, 2.05) is 0 Å². The standard InChI is InChI=1S/C12H14ClNO4/c1-18-12(17)10(7-15)14-11(16)9-4-2-3-8(5-9)6-13/h2-5,10,15H,6-7H2,1H3,(H,14,16). The van der Waals surface area contributed by atoms with Gasteiger partial charge in [0, 0.05) is 11.4 Å². The molecule has 2 N–H and O–H groups in total. The number of nitrogens with one attached hydrogen (secondary N) is 1. The molecule has 1 rings (SSSR count). The molecule has 0 fully saturated rings. The zero-order chi connectivity index (χ0) is 13.5. The van der Waals surface area contributed by atoms with Gasteiger partial charge in [-0.2, -0.15) is 0 Å². The number of ether oxygens (including phenoxy) is 1. The maximum absolute atomic E-state index is 11.8. The smallest absolute Gasteiger partial charge is 0.330 e. The van der Waals surface area contributed by atoms with Crippen LogP contribution in [0.15, 0.2) is 24.3 Å². The zero-order valence-electron chi connectivity index (χ0n) is 9.85. The Labute approximate surface area is 110 Å². The van der Waals surface area contributed by atoms with E-state index in [4.69, 9.17) is 16.7 Å². The van der Waals surface area contributed by atoms with Crippen LogP contribution in [0.25, 0.3) is 0 Å². The van der Waals surface area contributed by atoms with Crippen LogP contribution < -0.4 is 5.32 Å². The summed E-state index contributed by atoms with van der Waals surface area (Å²) in [6.07, 6.45) is 0. The van der Waals surface area contributed by atoms with Gasteiger partial charge in [-0.25, -0.2) is 4.79 Å². The van der Waals surface area contributed by atoms with E-state index in [1.54, 1.807) is 24.3 Å². The zero-order valence-corrected chi connectivity index (χ0v) is 10.6. The lowest BCUT2D eigenvalue weighted by molar-refractivity contribution is -0.143. The van der Waals surface area contributed by atoms with Gasteiger partial charge in [-0.1, -0.05) is 12.1 Å². The normalized spacial score (nSPS) is 11.7. The van der Waals surface area contributed by atoms with Crippen LogP contribution in [0.3, 0.4) is 0 Å². The van der Waals surface area contributed by atoms with E-state index in [0.717, 1.165) is 5.56 Å². The van der Waals surface area contributed by atoms with Crippen molar-refractivity contribution in [1.82, 2.24) is 5.32 Å². The number of aliphatic hydroxyl groups excluding tert-OH is 1. The van der Waals surface area contributed by atoms with Crippen molar-refractivity contribution >= 4 is 23.5 Å².